The highest BCUT2D eigenvalue weighted by atomic mass is 35.5. The quantitative estimate of drug-likeness (QED) is 0.00968. The van der Waals surface area contributed by atoms with Crippen molar-refractivity contribution in [3.63, 3.8) is 0 Å². The summed E-state index contributed by atoms with van der Waals surface area (Å²) >= 11 is 9.56. The maximum Gasteiger partial charge on any atom is 0.477 e. The maximum atomic E-state index is 12.3. The number of phosphoric ester groups is 3. The van der Waals surface area contributed by atoms with Crippen molar-refractivity contribution < 1.29 is 112 Å². The van der Waals surface area contributed by atoms with Gasteiger partial charge in [-0.3, -0.25) is 51.0 Å². The van der Waals surface area contributed by atoms with Crippen LogP contribution >= 0.6 is 55.0 Å². The molecule has 0 aliphatic heterocycles. The predicted octanol–water partition coefficient (Wildman–Crippen LogP) is 16.5. The second-order valence-electron chi connectivity index (χ2n) is 20.8. The number of nitriles is 1. The number of aliphatic hydroxyl groups is 1. The van der Waals surface area contributed by atoms with Gasteiger partial charge in [0.25, 0.3) is 0 Å². The lowest BCUT2D eigenvalue weighted by Gasteiger charge is -2.37. The number of nitrogens with zero attached hydrogens (tertiary/aromatic N) is 5. The van der Waals surface area contributed by atoms with E-state index in [2.05, 4.69) is 83.2 Å². The number of carbonyl (C=O) groups excluding carboxylic acids is 4. The minimum atomic E-state index is -3.82. The molecule has 36 heteroatoms. The van der Waals surface area contributed by atoms with Gasteiger partial charge in [0.2, 0.25) is 44.8 Å². The second kappa shape index (κ2) is 78.6. The number of hydrogen-bond donors (Lipinski definition) is 3. The van der Waals surface area contributed by atoms with Gasteiger partial charge in [0, 0.05) is 50.3 Å². The van der Waals surface area contributed by atoms with Gasteiger partial charge in [-0.15, -0.1) is 0 Å². The van der Waals surface area contributed by atoms with Gasteiger partial charge in [0.15, 0.2) is 6.79 Å². The summed E-state index contributed by atoms with van der Waals surface area (Å²) in [7, 11) is -12.0. The first-order chi connectivity index (χ1) is 47.2. The molecule has 0 aliphatic carbocycles. The van der Waals surface area contributed by atoms with Crippen LogP contribution in [0.2, 0.25) is 0 Å². The monoisotopic (exact) mass is 1540 g/mol. The van der Waals surface area contributed by atoms with Crippen LogP contribution in [0.4, 0.5) is 0 Å². The van der Waals surface area contributed by atoms with Crippen LogP contribution < -0.4 is 5.73 Å². The molecule has 0 rings (SSSR count). The zero-order chi connectivity index (χ0) is 76.3. The number of phosphoric acid groups is 3. The lowest BCUT2D eigenvalue weighted by molar-refractivity contribution is -0.152. The van der Waals surface area contributed by atoms with Gasteiger partial charge in [-0.25, -0.2) is 51.8 Å². The normalized spacial score (nSPS) is 12.7. The van der Waals surface area contributed by atoms with Gasteiger partial charge >= 0.3 is 53.3 Å². The van der Waals surface area contributed by atoms with Gasteiger partial charge in [-0.2, -0.15) is 5.26 Å². The van der Waals surface area contributed by atoms with Crippen molar-refractivity contribution in [2.75, 3.05) is 106 Å². The van der Waals surface area contributed by atoms with Gasteiger partial charge in [0.05, 0.1) is 32.5 Å². The number of unbranched alkanes of at least 4 members (excludes halogenated alkanes) is 15. The molecule has 0 spiro atoms. The first-order valence-corrected chi connectivity index (χ1v) is 40.5. The molecule has 0 bridgehead atoms. The molecule has 99 heavy (non-hydrogen) atoms. The number of esters is 4. The molecule has 0 heterocycles. The number of alkyl halides is 2. The molecule has 0 aromatic heterocycles. The number of aliphatic carboxylic acids is 1. The highest BCUT2D eigenvalue weighted by Gasteiger charge is 2.30. The molecular weight excluding hydrogens is 1420 g/mol. The van der Waals surface area contributed by atoms with Gasteiger partial charge < -0.3 is 54.0 Å². The topological polar surface area (TPSA) is 372 Å². The summed E-state index contributed by atoms with van der Waals surface area (Å²) in [4.78, 5) is 60.5. The Labute approximate surface area is 603 Å². The highest BCUT2D eigenvalue weighted by molar-refractivity contribution is 7.50. The van der Waals surface area contributed by atoms with E-state index in [1.165, 1.54) is 25.7 Å². The van der Waals surface area contributed by atoms with Crippen LogP contribution in [0, 0.1) is 31.0 Å². The molecule has 4 atom stereocenters. The summed E-state index contributed by atoms with van der Waals surface area (Å²) in [5.74, 6) is -2.99. The molecule has 0 saturated heterocycles. The molecule has 0 aromatic carbocycles. The Hall–Kier alpha value is -3.51. The van der Waals surface area contributed by atoms with E-state index in [-0.39, 0.29) is 84.5 Å². The molecule has 0 fully saturated rings. The Morgan fingerprint density at radius 3 is 1.01 bits per heavy atom. The Bertz CT molecular complexity index is 2100. The number of ether oxygens (including phenoxy) is 4. The van der Waals surface area contributed by atoms with E-state index in [9.17, 15) is 37.7 Å². The number of carboxylic acid groups (broad SMARTS) is 1. The first-order valence-electron chi connectivity index (χ1n) is 33.8. The van der Waals surface area contributed by atoms with E-state index in [0.717, 1.165) is 103 Å². The summed E-state index contributed by atoms with van der Waals surface area (Å²) in [6, 6.07) is 3.20. The number of nitrogens with two attached hydrogens (primary N) is 1. The molecular formula is C63H120Cl2N6O24P4. The molecule has 580 valence electrons. The number of carboxylic acids is 1. The molecule has 0 amide bonds. The zero-order valence-corrected chi connectivity index (χ0v) is 65.8. The van der Waals surface area contributed by atoms with Crippen molar-refractivity contribution in [2.45, 2.75) is 247 Å². The SMILES string of the molecule is CCC(=O)OCO.CCCCCCCOP(CCC#N)N(C(C)C)C(C)C.O=C(O)C(Cl)Cl.[C-]#[N+]CCOP(=O)(OCCCCCCC)OCOC(=O)CC.[C-]#[N+]CCOP(=O)(OCCCCCCC)OCOC(=O)CC.[C-]#[N+]CCOP(=O)(OCCCCCCN)OCOC(=O)CC. The van der Waals surface area contributed by atoms with Crippen LogP contribution in [-0.4, -0.2) is 167 Å². The van der Waals surface area contributed by atoms with E-state index >= 15 is 0 Å². The van der Waals surface area contributed by atoms with E-state index < -0.39 is 87.7 Å². The van der Waals surface area contributed by atoms with Crippen molar-refractivity contribution in [1.82, 2.24) is 4.67 Å². The van der Waals surface area contributed by atoms with Crippen LogP contribution in [-0.2, 0) is 102 Å². The third kappa shape index (κ3) is 78.5. The number of rotatable bonds is 57. The first kappa shape index (κ1) is 106. The predicted molar refractivity (Wildman–Crippen MR) is 380 cm³/mol. The van der Waals surface area contributed by atoms with Gasteiger partial charge in [-0.05, 0) is 66.3 Å². The highest BCUT2D eigenvalue weighted by Crippen LogP contribution is 2.51. The summed E-state index contributed by atoms with van der Waals surface area (Å²) < 4.78 is 109. The smallest absolute Gasteiger partial charge is 0.477 e. The molecule has 4 unspecified atom stereocenters. The Morgan fingerprint density at radius 1 is 0.485 bits per heavy atom. The minimum Gasteiger partial charge on any atom is -0.479 e. The summed E-state index contributed by atoms with van der Waals surface area (Å²) in [6.45, 7) is 42.1. The molecule has 0 saturated carbocycles. The van der Waals surface area contributed by atoms with Crippen molar-refractivity contribution >= 4 is 84.8 Å². The summed E-state index contributed by atoms with van der Waals surface area (Å²) in [6.07, 6.45) is 22.4. The Balaban J connectivity index is -0.000000274. The number of aliphatic hydroxyl groups excluding tert-OH is 1. The van der Waals surface area contributed by atoms with Crippen molar-refractivity contribution in [1.29, 1.82) is 5.26 Å². The molecule has 0 aromatic rings. The third-order valence-corrected chi connectivity index (χ3v) is 18.9. The second-order valence-corrected chi connectivity index (χ2v) is 28.8. The zero-order valence-electron chi connectivity index (χ0n) is 60.8. The Kier molecular flexibility index (Phi) is 84.5. The fourth-order valence-electron chi connectivity index (χ4n) is 6.80. The number of carbonyl (C=O) groups is 5. The molecule has 0 radical (unpaired) electrons. The number of hydrogen-bond acceptors (Lipinski definition) is 26. The van der Waals surface area contributed by atoms with Gasteiger partial charge in [-0.1, -0.05) is 162 Å². The Morgan fingerprint density at radius 2 is 0.768 bits per heavy atom. The van der Waals surface area contributed by atoms with Crippen LogP contribution in [0.15, 0.2) is 0 Å². The molecule has 0 aliphatic rings. The van der Waals surface area contributed by atoms with Crippen LogP contribution in [0.1, 0.15) is 230 Å². The summed E-state index contributed by atoms with van der Waals surface area (Å²) in [5.41, 5.74) is 5.39. The maximum absolute atomic E-state index is 12.3. The fraction of sp³-hybridized carbons (Fsp3) is 0.857. The fourth-order valence-corrected chi connectivity index (χ4v) is 12.1. The van der Waals surface area contributed by atoms with Crippen molar-refractivity contribution in [3.05, 3.63) is 34.3 Å². The van der Waals surface area contributed by atoms with Crippen LogP contribution in [0.3, 0.4) is 0 Å². The number of halogens is 2. The van der Waals surface area contributed by atoms with E-state index in [1.807, 2.05) is 0 Å². The van der Waals surface area contributed by atoms with Crippen LogP contribution in [0.5, 0.6) is 0 Å². The standard InChI is InChI=1S/C16H33N2OP.2C14H26NO6P.C13H25N2O6P.C4H8O3.C2H2Cl2O2/c1-6-7-8-9-10-13-19-20(14-11-12-17)18(15(2)3)16(4)5;2*1-4-6-7-8-9-11-19-22(17,20-12-10-15-3)21-13-18-14(16)5-2;1-3-13(16)18-12-21-22(17,20-11-9-15-2)19-10-7-5-4-6-8-14;1-2-4(6)7-3-5;3-1(4)2(5)6/h15-16H,6-11,13-14H2,1-5H3;2*4-13H2,1-2H3;3-12,14H2,1H3;5H,2-3H2,1H3;1H,(H,5,6). The third-order valence-electron chi connectivity index (χ3n) is 11.8. The molecule has 30 nitrogen and oxygen atoms in total. The average Bonchev–Trinajstić information content (AvgIpc) is 0.966. The van der Waals surface area contributed by atoms with E-state index in [0.29, 0.717) is 37.9 Å². The average molecular weight is 1540 g/mol. The van der Waals surface area contributed by atoms with Crippen molar-refractivity contribution in [2.24, 2.45) is 5.73 Å². The lowest BCUT2D eigenvalue weighted by Crippen LogP contribution is -2.33. The lowest BCUT2D eigenvalue weighted by atomic mass is 10.2. The van der Waals surface area contributed by atoms with Crippen LogP contribution in [0.25, 0.3) is 14.5 Å². The minimum absolute atomic E-state index is 0.0436. The van der Waals surface area contributed by atoms with E-state index in [1.54, 1.807) is 27.7 Å². The van der Waals surface area contributed by atoms with Gasteiger partial charge in [0.1, 0.15) is 28.1 Å². The molecule has 4 N–H and O–H groups in total. The largest absolute Gasteiger partial charge is 0.479 e. The van der Waals surface area contributed by atoms with Crippen molar-refractivity contribution in [3.8, 4) is 6.07 Å². The van der Waals surface area contributed by atoms with E-state index in [4.69, 9.17) is 119 Å². The summed E-state index contributed by atoms with van der Waals surface area (Å²) in [5, 5.41) is 24.5.